The Morgan fingerprint density at radius 1 is 1.40 bits per heavy atom. The first-order valence-electron chi connectivity index (χ1n) is 4.91. The number of nitrogen functional groups attached to an aromatic ring is 1. The zero-order valence-electron chi connectivity index (χ0n) is 8.96. The van der Waals surface area contributed by atoms with Crippen molar-refractivity contribution in [1.29, 1.82) is 0 Å². The maximum Gasteiger partial charge on any atom is 0.332 e. The molecule has 0 aliphatic rings. The van der Waals surface area contributed by atoms with E-state index in [0.717, 1.165) is 18.1 Å². The average Bonchev–Trinajstić information content (AvgIpc) is 2.43. The summed E-state index contributed by atoms with van der Waals surface area (Å²) in [5.41, 5.74) is 8.53. The van der Waals surface area contributed by atoms with E-state index in [9.17, 15) is 0 Å². The van der Waals surface area contributed by atoms with Crippen LogP contribution in [0.15, 0.2) is 18.2 Å². The zero-order chi connectivity index (χ0) is 10.1. The molecule has 2 nitrogen and oxygen atoms in total. The third-order valence-electron chi connectivity index (χ3n) is 2.33. The van der Waals surface area contributed by atoms with E-state index in [-0.39, 0.29) is 24.0 Å². The molecule has 0 aliphatic carbocycles. The number of benzene rings is 1. The van der Waals surface area contributed by atoms with Gasteiger partial charge in [-0.3, -0.25) is 5.73 Å². The summed E-state index contributed by atoms with van der Waals surface area (Å²) in [6.07, 6.45) is 1.12. The van der Waals surface area contributed by atoms with Crippen LogP contribution in [0.5, 0.6) is 0 Å². The Morgan fingerprint density at radius 2 is 2.13 bits per heavy atom. The highest BCUT2D eigenvalue weighted by atomic mass is 127. The topological polar surface area (TPSA) is 29.9 Å². The summed E-state index contributed by atoms with van der Waals surface area (Å²) in [6.45, 7) is 5.29. The summed E-state index contributed by atoms with van der Waals surface area (Å²) < 4.78 is 3.48. The van der Waals surface area contributed by atoms with Gasteiger partial charge in [-0.1, -0.05) is 13.0 Å². The largest absolute Gasteiger partial charge is 1.00 e. The number of aromatic nitrogens is 1. The lowest BCUT2D eigenvalue weighted by molar-refractivity contribution is -0.653. The normalized spacial score (nSPS) is 10.3. The molecule has 4 heteroatoms. The number of hydrogen-bond donors (Lipinski definition) is 1. The molecule has 0 atom stereocenters. The highest BCUT2D eigenvalue weighted by Gasteiger charge is 2.13. The van der Waals surface area contributed by atoms with Gasteiger partial charge in [0.15, 0.2) is 0 Å². The molecule has 0 saturated carbocycles. The van der Waals surface area contributed by atoms with Crippen molar-refractivity contribution in [3.63, 3.8) is 0 Å². The standard InChI is InChI=1S/C11H14N2S.HI/c1-3-6-13-9-5-4-8(2)7-10(9)14-11(13)12;/h4-5,7,12H,3,6H2,1-2H3;1H. The third-order valence-corrected chi connectivity index (χ3v) is 3.31. The van der Waals surface area contributed by atoms with Gasteiger partial charge in [0.05, 0.1) is 11.2 Å². The number of nitrogens with two attached hydrogens (primary N) is 1. The summed E-state index contributed by atoms with van der Waals surface area (Å²) in [7, 11) is 0. The molecule has 0 spiro atoms. The fourth-order valence-corrected chi connectivity index (χ4v) is 2.72. The van der Waals surface area contributed by atoms with Crippen LogP contribution in [0.25, 0.3) is 10.2 Å². The van der Waals surface area contributed by atoms with Crippen LogP contribution in [-0.4, -0.2) is 0 Å². The minimum atomic E-state index is 0. The predicted octanol–water partition coefficient (Wildman–Crippen LogP) is -0.507. The van der Waals surface area contributed by atoms with Crippen LogP contribution < -0.4 is 34.3 Å². The number of halogens is 1. The Balaban J connectivity index is 0.00000112. The van der Waals surface area contributed by atoms with Gasteiger partial charge in [0.25, 0.3) is 0 Å². The molecule has 1 aromatic carbocycles. The molecule has 0 aliphatic heterocycles. The number of nitrogens with zero attached hydrogens (tertiary/aromatic N) is 1. The molecule has 0 amide bonds. The highest BCUT2D eigenvalue weighted by Crippen LogP contribution is 2.22. The van der Waals surface area contributed by atoms with Crippen LogP contribution >= 0.6 is 11.3 Å². The van der Waals surface area contributed by atoms with E-state index in [4.69, 9.17) is 5.73 Å². The second-order valence-electron chi connectivity index (χ2n) is 3.56. The van der Waals surface area contributed by atoms with Crippen molar-refractivity contribution >= 4 is 26.7 Å². The van der Waals surface area contributed by atoms with Crippen LogP contribution in [0.2, 0.25) is 0 Å². The number of aryl methyl sites for hydroxylation is 2. The predicted molar refractivity (Wildman–Crippen MR) is 61.5 cm³/mol. The van der Waals surface area contributed by atoms with Crippen molar-refractivity contribution in [2.45, 2.75) is 26.8 Å². The maximum atomic E-state index is 5.97. The van der Waals surface area contributed by atoms with E-state index in [0.29, 0.717) is 0 Å². The molecule has 1 aromatic heterocycles. The Labute approximate surface area is 111 Å². The van der Waals surface area contributed by atoms with Crippen molar-refractivity contribution < 1.29 is 28.5 Å². The van der Waals surface area contributed by atoms with Crippen molar-refractivity contribution in [1.82, 2.24) is 0 Å². The summed E-state index contributed by atoms with van der Waals surface area (Å²) in [6, 6.07) is 6.50. The number of rotatable bonds is 2. The first-order chi connectivity index (χ1) is 6.72. The first kappa shape index (κ1) is 12.7. The van der Waals surface area contributed by atoms with Gasteiger partial charge < -0.3 is 24.0 Å². The molecule has 0 bridgehead atoms. The van der Waals surface area contributed by atoms with Gasteiger partial charge in [-0.15, -0.1) is 0 Å². The Hall–Kier alpha value is -0.360. The Morgan fingerprint density at radius 3 is 2.80 bits per heavy atom. The van der Waals surface area contributed by atoms with Crippen molar-refractivity contribution in [2.24, 2.45) is 0 Å². The van der Waals surface area contributed by atoms with Crippen LogP contribution in [0, 0.1) is 6.92 Å². The van der Waals surface area contributed by atoms with Crippen LogP contribution in [-0.2, 0) is 6.54 Å². The van der Waals surface area contributed by atoms with Gasteiger partial charge in [0, 0.05) is 0 Å². The molecule has 1 heterocycles. The quantitative estimate of drug-likeness (QED) is 0.582. The molecule has 82 valence electrons. The summed E-state index contributed by atoms with van der Waals surface area (Å²) in [5.74, 6) is 0. The van der Waals surface area contributed by atoms with Crippen molar-refractivity contribution in [3.8, 4) is 0 Å². The molecule has 0 fully saturated rings. The van der Waals surface area contributed by atoms with Crippen molar-refractivity contribution in [3.05, 3.63) is 23.8 Å². The minimum Gasteiger partial charge on any atom is -1.00 e. The van der Waals surface area contributed by atoms with E-state index < -0.39 is 0 Å². The molecule has 0 unspecified atom stereocenters. The Kier molecular flexibility index (Phi) is 4.33. The second kappa shape index (κ2) is 5.12. The van der Waals surface area contributed by atoms with Crippen LogP contribution in [0.3, 0.4) is 0 Å². The molecule has 2 aromatic rings. The zero-order valence-corrected chi connectivity index (χ0v) is 11.9. The van der Waals surface area contributed by atoms with Crippen LogP contribution in [0.1, 0.15) is 18.9 Å². The fraction of sp³-hybridized carbons (Fsp3) is 0.364. The summed E-state index contributed by atoms with van der Waals surface area (Å²) in [4.78, 5) is 0. The van der Waals surface area contributed by atoms with Crippen LogP contribution in [0.4, 0.5) is 5.13 Å². The van der Waals surface area contributed by atoms with E-state index in [1.807, 2.05) is 0 Å². The molecular weight excluding hydrogens is 319 g/mol. The fourth-order valence-electron chi connectivity index (χ4n) is 1.67. The van der Waals surface area contributed by atoms with E-state index >= 15 is 0 Å². The first-order valence-corrected chi connectivity index (χ1v) is 5.72. The lowest BCUT2D eigenvalue weighted by atomic mass is 10.2. The average molecular weight is 334 g/mol. The second-order valence-corrected chi connectivity index (χ2v) is 4.63. The Bertz CT molecular complexity index is 465. The molecule has 15 heavy (non-hydrogen) atoms. The molecule has 0 saturated heterocycles. The van der Waals surface area contributed by atoms with E-state index in [1.165, 1.54) is 15.8 Å². The number of fused-ring (bicyclic) bond motifs is 1. The molecule has 2 rings (SSSR count). The smallest absolute Gasteiger partial charge is 0.332 e. The lowest BCUT2D eigenvalue weighted by Crippen LogP contribution is -3.00. The minimum absolute atomic E-state index is 0. The van der Waals surface area contributed by atoms with E-state index in [1.54, 1.807) is 11.3 Å². The van der Waals surface area contributed by atoms with Gasteiger partial charge in [0.2, 0.25) is 0 Å². The van der Waals surface area contributed by atoms with E-state index in [2.05, 4.69) is 36.6 Å². The van der Waals surface area contributed by atoms with Crippen molar-refractivity contribution in [2.75, 3.05) is 5.73 Å². The van der Waals surface area contributed by atoms with Gasteiger partial charge in [0.1, 0.15) is 5.52 Å². The summed E-state index contributed by atoms with van der Waals surface area (Å²) >= 11 is 1.67. The molecule has 2 N–H and O–H groups in total. The molecular formula is C11H15IN2S. The SMILES string of the molecule is CCC[n+]1c(N)sc2cc(C)ccc21.[I-]. The van der Waals surface area contributed by atoms with Gasteiger partial charge in [-0.25, -0.2) is 4.57 Å². The monoisotopic (exact) mass is 334 g/mol. The lowest BCUT2D eigenvalue weighted by Gasteiger charge is -1.96. The number of anilines is 1. The van der Waals surface area contributed by atoms with Gasteiger partial charge >= 0.3 is 5.13 Å². The maximum absolute atomic E-state index is 5.97. The highest BCUT2D eigenvalue weighted by molar-refractivity contribution is 7.21. The van der Waals surface area contributed by atoms with Gasteiger partial charge in [-0.2, -0.15) is 0 Å². The summed E-state index contributed by atoms with van der Waals surface area (Å²) in [5, 5.41) is 0.910. The number of hydrogen-bond acceptors (Lipinski definition) is 2. The van der Waals surface area contributed by atoms with Gasteiger partial charge in [-0.05, 0) is 42.4 Å². The third kappa shape index (κ3) is 2.42. The number of thiazole rings is 1. The molecule has 0 radical (unpaired) electrons.